The number of aliphatic hydroxyl groups is 1. The number of rotatable bonds is 7. The first-order valence-corrected chi connectivity index (χ1v) is 8.43. The van der Waals surface area contributed by atoms with E-state index in [4.69, 9.17) is 4.74 Å². The van der Waals surface area contributed by atoms with Crippen molar-refractivity contribution in [2.45, 2.75) is 51.1 Å². The van der Waals surface area contributed by atoms with Crippen LogP contribution in [-0.4, -0.2) is 36.8 Å². The topological polar surface area (TPSA) is 70.6 Å². The van der Waals surface area contributed by atoms with E-state index in [1.807, 2.05) is 25.1 Å². The molecule has 0 aliphatic heterocycles. The highest BCUT2D eigenvalue weighted by molar-refractivity contribution is 5.91. The number of hydrogen-bond acceptors (Lipinski definition) is 4. The van der Waals surface area contributed by atoms with Gasteiger partial charge in [-0.25, -0.2) is 0 Å². The molecule has 0 heterocycles. The van der Waals surface area contributed by atoms with Gasteiger partial charge in [0.1, 0.15) is 5.75 Å². The minimum Gasteiger partial charge on any atom is -0.497 e. The zero-order chi connectivity index (χ0) is 16.7. The van der Waals surface area contributed by atoms with E-state index in [0.29, 0.717) is 18.4 Å². The molecule has 3 atom stereocenters. The van der Waals surface area contributed by atoms with Gasteiger partial charge in [-0.15, -0.1) is 0 Å². The minimum atomic E-state index is -0.0189. The summed E-state index contributed by atoms with van der Waals surface area (Å²) in [6.45, 7) is 2.24. The van der Waals surface area contributed by atoms with Gasteiger partial charge in [0.25, 0.3) is 0 Å². The first-order chi connectivity index (χ1) is 11.1. The van der Waals surface area contributed by atoms with Gasteiger partial charge in [-0.05, 0) is 37.8 Å². The Bertz CT molecular complexity index is 507. The molecule has 1 aromatic rings. The summed E-state index contributed by atoms with van der Waals surface area (Å²) in [4.78, 5) is 12.2. The molecule has 0 spiro atoms. The molecule has 1 aliphatic rings. The van der Waals surface area contributed by atoms with E-state index in [0.717, 1.165) is 24.3 Å². The molecule has 1 amide bonds. The summed E-state index contributed by atoms with van der Waals surface area (Å²) >= 11 is 0. The average molecular weight is 320 g/mol. The lowest BCUT2D eigenvalue weighted by atomic mass is 9.84. The maximum Gasteiger partial charge on any atom is 0.225 e. The molecule has 1 saturated carbocycles. The van der Waals surface area contributed by atoms with Crippen LogP contribution in [0.4, 0.5) is 5.69 Å². The fourth-order valence-corrected chi connectivity index (χ4v) is 3.26. The highest BCUT2D eigenvalue weighted by Gasteiger charge is 2.25. The number of hydrogen-bond donors (Lipinski definition) is 3. The van der Waals surface area contributed by atoms with Gasteiger partial charge in [-0.2, -0.15) is 0 Å². The van der Waals surface area contributed by atoms with Crippen LogP contribution in [0.15, 0.2) is 24.3 Å². The molecular formula is C18H28N2O3. The third-order valence-corrected chi connectivity index (χ3v) is 4.49. The van der Waals surface area contributed by atoms with Crippen molar-refractivity contribution in [3.05, 3.63) is 24.3 Å². The number of benzene rings is 1. The van der Waals surface area contributed by atoms with Crippen molar-refractivity contribution in [3.63, 3.8) is 0 Å². The van der Waals surface area contributed by atoms with E-state index in [-0.39, 0.29) is 18.6 Å². The quantitative estimate of drug-likeness (QED) is 0.722. The molecule has 0 aromatic heterocycles. The molecule has 0 bridgehead atoms. The Hall–Kier alpha value is -1.59. The number of ether oxygens (including phenoxy) is 1. The van der Waals surface area contributed by atoms with Gasteiger partial charge in [0, 0.05) is 36.9 Å². The third-order valence-electron chi connectivity index (χ3n) is 4.49. The minimum absolute atomic E-state index is 0.0189. The second-order valence-corrected chi connectivity index (χ2v) is 6.39. The van der Waals surface area contributed by atoms with Crippen LogP contribution in [0.25, 0.3) is 0 Å². The molecule has 1 aliphatic carbocycles. The summed E-state index contributed by atoms with van der Waals surface area (Å²) in [6, 6.07) is 7.74. The lowest BCUT2D eigenvalue weighted by Crippen LogP contribution is -2.45. The molecule has 3 unspecified atom stereocenters. The maximum absolute atomic E-state index is 12.2. The molecule has 1 aromatic carbocycles. The summed E-state index contributed by atoms with van der Waals surface area (Å²) in [5, 5.41) is 15.9. The normalized spacial score (nSPS) is 22.4. The standard InChI is InChI=1S/C18H28N2O3/c1-13(19-17-9-4-3-6-14(17)12-21)10-18(22)20-15-7-5-8-16(11-15)23-2/h5,7-8,11,13-14,17,19,21H,3-4,6,9-10,12H2,1-2H3,(H,20,22). The molecule has 3 N–H and O–H groups in total. The van der Waals surface area contributed by atoms with Crippen molar-refractivity contribution in [2.75, 3.05) is 19.0 Å². The fraction of sp³-hybridized carbons (Fsp3) is 0.611. The molecule has 0 radical (unpaired) electrons. The van der Waals surface area contributed by atoms with E-state index in [1.165, 1.54) is 12.8 Å². The SMILES string of the molecule is COc1cccc(NC(=O)CC(C)NC2CCCCC2CO)c1. The molecular weight excluding hydrogens is 292 g/mol. The smallest absolute Gasteiger partial charge is 0.225 e. The fourth-order valence-electron chi connectivity index (χ4n) is 3.26. The van der Waals surface area contributed by atoms with E-state index in [1.54, 1.807) is 13.2 Å². The third kappa shape index (κ3) is 5.52. The highest BCUT2D eigenvalue weighted by Crippen LogP contribution is 2.24. The Morgan fingerprint density at radius 3 is 2.91 bits per heavy atom. The Labute approximate surface area is 138 Å². The molecule has 5 heteroatoms. The van der Waals surface area contributed by atoms with Gasteiger partial charge in [0.2, 0.25) is 5.91 Å². The second-order valence-electron chi connectivity index (χ2n) is 6.39. The number of amides is 1. The van der Waals surface area contributed by atoms with Crippen molar-refractivity contribution in [3.8, 4) is 5.75 Å². The van der Waals surface area contributed by atoms with Crippen molar-refractivity contribution in [1.82, 2.24) is 5.32 Å². The van der Waals surface area contributed by atoms with Gasteiger partial charge in [-0.1, -0.05) is 18.9 Å². The van der Waals surface area contributed by atoms with Crippen LogP contribution in [0.3, 0.4) is 0 Å². The van der Waals surface area contributed by atoms with Crippen LogP contribution in [0.1, 0.15) is 39.0 Å². The summed E-state index contributed by atoms with van der Waals surface area (Å²) in [5.74, 6) is 1.02. The molecule has 5 nitrogen and oxygen atoms in total. The molecule has 0 saturated heterocycles. The Morgan fingerprint density at radius 2 is 2.17 bits per heavy atom. The van der Waals surface area contributed by atoms with Crippen LogP contribution in [0.5, 0.6) is 5.75 Å². The van der Waals surface area contributed by atoms with Gasteiger partial charge >= 0.3 is 0 Å². The van der Waals surface area contributed by atoms with Gasteiger partial charge in [0.15, 0.2) is 0 Å². The number of nitrogens with one attached hydrogen (secondary N) is 2. The number of aliphatic hydroxyl groups excluding tert-OH is 1. The highest BCUT2D eigenvalue weighted by atomic mass is 16.5. The lowest BCUT2D eigenvalue weighted by Gasteiger charge is -2.33. The Balaban J connectivity index is 1.81. The summed E-state index contributed by atoms with van der Waals surface area (Å²) in [6.07, 6.45) is 4.93. The first kappa shape index (κ1) is 17.8. The van der Waals surface area contributed by atoms with E-state index < -0.39 is 0 Å². The zero-order valence-electron chi connectivity index (χ0n) is 14.0. The first-order valence-electron chi connectivity index (χ1n) is 8.43. The zero-order valence-corrected chi connectivity index (χ0v) is 14.0. The van der Waals surface area contributed by atoms with Crippen molar-refractivity contribution in [2.24, 2.45) is 5.92 Å². The average Bonchev–Trinajstić information content (AvgIpc) is 2.55. The Morgan fingerprint density at radius 1 is 1.39 bits per heavy atom. The maximum atomic E-state index is 12.2. The Kier molecular flexibility index (Phi) is 6.86. The molecule has 128 valence electrons. The van der Waals surface area contributed by atoms with E-state index in [2.05, 4.69) is 10.6 Å². The number of carbonyl (C=O) groups excluding carboxylic acids is 1. The summed E-state index contributed by atoms with van der Waals surface area (Å²) in [5.41, 5.74) is 0.743. The second kappa shape index (κ2) is 8.89. The van der Waals surface area contributed by atoms with Crippen molar-refractivity contribution in [1.29, 1.82) is 0 Å². The van der Waals surface area contributed by atoms with Crippen LogP contribution < -0.4 is 15.4 Å². The van der Waals surface area contributed by atoms with Gasteiger partial charge in [-0.3, -0.25) is 4.79 Å². The summed E-state index contributed by atoms with van der Waals surface area (Å²) in [7, 11) is 1.61. The van der Waals surface area contributed by atoms with Gasteiger partial charge < -0.3 is 20.5 Å². The van der Waals surface area contributed by atoms with Crippen LogP contribution in [0.2, 0.25) is 0 Å². The number of carbonyl (C=O) groups is 1. The van der Waals surface area contributed by atoms with Crippen molar-refractivity contribution >= 4 is 11.6 Å². The predicted molar refractivity (Wildman–Crippen MR) is 91.7 cm³/mol. The summed E-state index contributed by atoms with van der Waals surface area (Å²) < 4.78 is 5.15. The molecule has 1 fully saturated rings. The van der Waals surface area contributed by atoms with Gasteiger partial charge in [0.05, 0.1) is 7.11 Å². The van der Waals surface area contributed by atoms with Crippen LogP contribution >= 0.6 is 0 Å². The van der Waals surface area contributed by atoms with E-state index in [9.17, 15) is 9.90 Å². The predicted octanol–water partition coefficient (Wildman–Crippen LogP) is 2.55. The number of methoxy groups -OCH3 is 1. The monoisotopic (exact) mass is 320 g/mol. The molecule has 23 heavy (non-hydrogen) atoms. The number of anilines is 1. The van der Waals surface area contributed by atoms with Crippen molar-refractivity contribution < 1.29 is 14.6 Å². The largest absolute Gasteiger partial charge is 0.497 e. The molecule has 2 rings (SSSR count). The lowest BCUT2D eigenvalue weighted by molar-refractivity contribution is -0.116. The van der Waals surface area contributed by atoms with Crippen LogP contribution in [0, 0.1) is 5.92 Å². The van der Waals surface area contributed by atoms with Crippen LogP contribution in [-0.2, 0) is 4.79 Å². The van der Waals surface area contributed by atoms with E-state index >= 15 is 0 Å².